The SMILES string of the molecule is COc1cc(CNCCC(C)C)ccc1OCCc1ccccc1.Cl. The lowest BCUT2D eigenvalue weighted by Crippen LogP contribution is -2.16. The van der Waals surface area contributed by atoms with Crippen molar-refractivity contribution in [2.45, 2.75) is 33.2 Å². The highest BCUT2D eigenvalue weighted by Crippen LogP contribution is 2.28. The summed E-state index contributed by atoms with van der Waals surface area (Å²) in [6.45, 7) is 7.02. The molecule has 4 heteroatoms. The van der Waals surface area contributed by atoms with Gasteiger partial charge in [-0.1, -0.05) is 50.2 Å². The summed E-state index contributed by atoms with van der Waals surface area (Å²) in [7, 11) is 1.69. The normalized spacial score (nSPS) is 10.4. The first-order chi connectivity index (χ1) is 11.7. The molecule has 0 saturated carbocycles. The summed E-state index contributed by atoms with van der Waals surface area (Å²) in [5, 5.41) is 3.47. The van der Waals surface area contributed by atoms with Gasteiger partial charge in [-0.3, -0.25) is 0 Å². The van der Waals surface area contributed by atoms with Gasteiger partial charge in [0.05, 0.1) is 13.7 Å². The topological polar surface area (TPSA) is 30.5 Å². The molecule has 138 valence electrons. The number of methoxy groups -OCH3 is 1. The molecule has 25 heavy (non-hydrogen) atoms. The van der Waals surface area contributed by atoms with Crippen LogP contribution in [-0.2, 0) is 13.0 Å². The van der Waals surface area contributed by atoms with Crippen molar-refractivity contribution in [1.29, 1.82) is 0 Å². The van der Waals surface area contributed by atoms with E-state index in [1.807, 2.05) is 12.1 Å². The molecule has 3 nitrogen and oxygen atoms in total. The zero-order valence-corrected chi connectivity index (χ0v) is 16.3. The molecule has 2 rings (SSSR count). The van der Waals surface area contributed by atoms with Gasteiger partial charge < -0.3 is 14.8 Å². The number of ether oxygens (including phenoxy) is 2. The summed E-state index contributed by atoms with van der Waals surface area (Å²) in [5.74, 6) is 2.33. The second-order valence-corrected chi connectivity index (χ2v) is 6.43. The molecule has 0 heterocycles. The minimum Gasteiger partial charge on any atom is -0.493 e. The van der Waals surface area contributed by atoms with Gasteiger partial charge in [-0.25, -0.2) is 0 Å². The van der Waals surface area contributed by atoms with Crippen molar-refractivity contribution in [2.24, 2.45) is 5.92 Å². The summed E-state index contributed by atoms with van der Waals surface area (Å²) < 4.78 is 11.4. The Balaban J connectivity index is 0.00000312. The molecule has 0 radical (unpaired) electrons. The highest BCUT2D eigenvalue weighted by molar-refractivity contribution is 5.85. The molecule has 0 aliphatic carbocycles. The Morgan fingerprint density at radius 2 is 1.72 bits per heavy atom. The van der Waals surface area contributed by atoms with Crippen molar-refractivity contribution in [2.75, 3.05) is 20.3 Å². The first-order valence-corrected chi connectivity index (χ1v) is 8.73. The number of halogens is 1. The average molecular weight is 364 g/mol. The van der Waals surface area contributed by atoms with Gasteiger partial charge in [0.1, 0.15) is 0 Å². The van der Waals surface area contributed by atoms with E-state index in [9.17, 15) is 0 Å². The zero-order chi connectivity index (χ0) is 17.2. The fourth-order valence-electron chi connectivity index (χ4n) is 2.49. The number of benzene rings is 2. The molecular weight excluding hydrogens is 334 g/mol. The van der Waals surface area contributed by atoms with E-state index in [0.29, 0.717) is 6.61 Å². The van der Waals surface area contributed by atoms with E-state index in [1.165, 1.54) is 17.5 Å². The summed E-state index contributed by atoms with van der Waals surface area (Å²) in [6.07, 6.45) is 2.08. The molecule has 0 saturated heterocycles. The maximum atomic E-state index is 5.90. The fraction of sp³-hybridized carbons (Fsp3) is 0.429. The van der Waals surface area contributed by atoms with Crippen LogP contribution in [0.25, 0.3) is 0 Å². The number of hydrogen-bond acceptors (Lipinski definition) is 3. The van der Waals surface area contributed by atoms with Crippen molar-refractivity contribution >= 4 is 12.4 Å². The van der Waals surface area contributed by atoms with Gasteiger partial charge in [0.15, 0.2) is 11.5 Å². The Morgan fingerprint density at radius 1 is 0.960 bits per heavy atom. The van der Waals surface area contributed by atoms with Crippen LogP contribution in [0.3, 0.4) is 0 Å². The molecule has 0 unspecified atom stereocenters. The maximum Gasteiger partial charge on any atom is 0.161 e. The third-order valence-electron chi connectivity index (χ3n) is 3.95. The molecule has 0 aromatic heterocycles. The smallest absolute Gasteiger partial charge is 0.161 e. The number of nitrogens with one attached hydrogen (secondary N) is 1. The van der Waals surface area contributed by atoms with Crippen LogP contribution < -0.4 is 14.8 Å². The third kappa shape index (κ3) is 7.80. The molecule has 0 fully saturated rings. The van der Waals surface area contributed by atoms with E-state index in [-0.39, 0.29) is 12.4 Å². The van der Waals surface area contributed by atoms with Gasteiger partial charge in [0.25, 0.3) is 0 Å². The molecule has 0 aliphatic rings. The first-order valence-electron chi connectivity index (χ1n) is 8.73. The van der Waals surface area contributed by atoms with Gasteiger partial charge in [0.2, 0.25) is 0 Å². The van der Waals surface area contributed by atoms with Crippen molar-refractivity contribution < 1.29 is 9.47 Å². The van der Waals surface area contributed by atoms with Crippen LogP contribution >= 0.6 is 12.4 Å². The van der Waals surface area contributed by atoms with E-state index in [2.05, 4.69) is 55.6 Å². The molecule has 2 aromatic carbocycles. The minimum atomic E-state index is 0. The third-order valence-corrected chi connectivity index (χ3v) is 3.95. The van der Waals surface area contributed by atoms with Crippen LogP contribution in [0.15, 0.2) is 48.5 Å². The van der Waals surface area contributed by atoms with Gasteiger partial charge in [0, 0.05) is 13.0 Å². The Hall–Kier alpha value is -1.71. The van der Waals surface area contributed by atoms with Crippen LogP contribution in [0, 0.1) is 5.92 Å². The standard InChI is InChI=1S/C21H29NO2.ClH/c1-17(2)11-13-22-16-19-9-10-20(21(15-19)23-3)24-14-12-18-7-5-4-6-8-18;/h4-10,15,17,22H,11-14,16H2,1-3H3;1H. The highest BCUT2D eigenvalue weighted by Gasteiger charge is 2.06. The highest BCUT2D eigenvalue weighted by atomic mass is 35.5. The Labute approximate surface area is 158 Å². The van der Waals surface area contributed by atoms with Gasteiger partial charge in [-0.15, -0.1) is 12.4 Å². The van der Waals surface area contributed by atoms with Crippen molar-refractivity contribution in [3.63, 3.8) is 0 Å². The van der Waals surface area contributed by atoms with E-state index < -0.39 is 0 Å². The van der Waals surface area contributed by atoms with Crippen LogP contribution in [-0.4, -0.2) is 20.3 Å². The largest absolute Gasteiger partial charge is 0.493 e. The summed E-state index contributed by atoms with van der Waals surface area (Å²) in [4.78, 5) is 0. The number of hydrogen-bond donors (Lipinski definition) is 1. The fourth-order valence-corrected chi connectivity index (χ4v) is 2.49. The number of rotatable bonds is 10. The van der Waals surface area contributed by atoms with Crippen LogP contribution in [0.1, 0.15) is 31.4 Å². The Bertz CT molecular complexity index is 602. The lowest BCUT2D eigenvalue weighted by atomic mass is 10.1. The maximum absolute atomic E-state index is 5.90. The van der Waals surface area contributed by atoms with Crippen LogP contribution in [0.4, 0.5) is 0 Å². The van der Waals surface area contributed by atoms with E-state index in [4.69, 9.17) is 9.47 Å². The second-order valence-electron chi connectivity index (χ2n) is 6.43. The summed E-state index contributed by atoms with van der Waals surface area (Å²) in [5.41, 5.74) is 2.49. The van der Waals surface area contributed by atoms with Crippen LogP contribution in [0.5, 0.6) is 11.5 Å². The second kappa shape index (κ2) is 11.8. The van der Waals surface area contributed by atoms with Crippen molar-refractivity contribution in [3.05, 3.63) is 59.7 Å². The molecule has 0 amide bonds. The van der Waals surface area contributed by atoms with Gasteiger partial charge in [-0.05, 0) is 42.1 Å². The minimum absolute atomic E-state index is 0. The molecule has 0 bridgehead atoms. The van der Waals surface area contributed by atoms with E-state index in [0.717, 1.165) is 36.9 Å². The molecule has 2 aromatic rings. The van der Waals surface area contributed by atoms with Crippen LogP contribution in [0.2, 0.25) is 0 Å². The van der Waals surface area contributed by atoms with Crippen molar-refractivity contribution in [3.8, 4) is 11.5 Å². The Kier molecular flexibility index (Phi) is 10.0. The lowest BCUT2D eigenvalue weighted by Gasteiger charge is -2.13. The van der Waals surface area contributed by atoms with Crippen molar-refractivity contribution in [1.82, 2.24) is 5.32 Å². The monoisotopic (exact) mass is 363 g/mol. The molecule has 1 N–H and O–H groups in total. The van der Waals surface area contributed by atoms with E-state index >= 15 is 0 Å². The quantitative estimate of drug-likeness (QED) is 0.610. The average Bonchev–Trinajstić information content (AvgIpc) is 2.60. The zero-order valence-electron chi connectivity index (χ0n) is 15.5. The predicted molar refractivity (Wildman–Crippen MR) is 107 cm³/mol. The predicted octanol–water partition coefficient (Wildman–Crippen LogP) is 4.87. The van der Waals surface area contributed by atoms with E-state index in [1.54, 1.807) is 7.11 Å². The molecule has 0 spiro atoms. The lowest BCUT2D eigenvalue weighted by molar-refractivity contribution is 0.297. The summed E-state index contributed by atoms with van der Waals surface area (Å²) in [6, 6.07) is 16.5. The molecular formula is C21H30ClNO2. The first kappa shape index (κ1) is 21.3. The van der Waals surface area contributed by atoms with Gasteiger partial charge in [-0.2, -0.15) is 0 Å². The van der Waals surface area contributed by atoms with Gasteiger partial charge >= 0.3 is 0 Å². The molecule has 0 aliphatic heterocycles. The molecule has 0 atom stereocenters. The summed E-state index contributed by atoms with van der Waals surface area (Å²) >= 11 is 0. The Morgan fingerprint density at radius 3 is 2.40 bits per heavy atom.